The zero-order valence-corrected chi connectivity index (χ0v) is 15.8. The van der Waals surface area contributed by atoms with E-state index in [0.717, 1.165) is 37.0 Å². The summed E-state index contributed by atoms with van der Waals surface area (Å²) in [6.45, 7) is 8.65. The first-order valence-electron chi connectivity index (χ1n) is 8.69. The lowest BCUT2D eigenvalue weighted by Crippen LogP contribution is -3.11. The molecule has 130 valence electrons. The van der Waals surface area contributed by atoms with E-state index in [0.29, 0.717) is 0 Å². The Morgan fingerprint density at radius 2 is 1.65 bits per heavy atom. The fourth-order valence-corrected chi connectivity index (χ4v) is 3.22. The smallest absolute Gasteiger partial charge is 0.137 e. The van der Waals surface area contributed by atoms with Crippen molar-refractivity contribution in [1.82, 2.24) is 0 Å². The van der Waals surface area contributed by atoms with Gasteiger partial charge in [-0.05, 0) is 69.4 Å². The van der Waals surface area contributed by atoms with Crippen LogP contribution < -0.4 is 17.3 Å². The van der Waals surface area contributed by atoms with Crippen molar-refractivity contribution in [1.29, 1.82) is 0 Å². The lowest BCUT2D eigenvalue weighted by atomic mass is 9.92. The van der Waals surface area contributed by atoms with Crippen LogP contribution in [0.3, 0.4) is 0 Å². The Bertz CT molecular complexity index is 473. The quantitative estimate of drug-likeness (QED) is 0.717. The zero-order chi connectivity index (χ0) is 15.8. The molecule has 0 aromatic heterocycles. The molecule has 1 aromatic rings. The highest BCUT2D eigenvalue weighted by atomic mass is 35.5. The highest BCUT2D eigenvalue weighted by Crippen LogP contribution is 2.31. The van der Waals surface area contributed by atoms with Crippen LogP contribution in [0.1, 0.15) is 51.5 Å². The summed E-state index contributed by atoms with van der Waals surface area (Å²) >= 11 is 6.03. The maximum atomic E-state index is 6.26. The Morgan fingerprint density at radius 1 is 1.04 bits per heavy atom. The molecule has 0 spiro atoms. The van der Waals surface area contributed by atoms with E-state index in [9.17, 15) is 0 Å². The van der Waals surface area contributed by atoms with Crippen molar-refractivity contribution < 1.29 is 22.0 Å². The summed E-state index contributed by atoms with van der Waals surface area (Å²) in [5.74, 6) is 1.11. The molecular formula is C19H29Cl2NO. The summed E-state index contributed by atoms with van der Waals surface area (Å²) in [5.41, 5.74) is 2.67. The molecular weight excluding hydrogens is 329 g/mol. The second-order valence-corrected chi connectivity index (χ2v) is 6.49. The Morgan fingerprint density at radius 3 is 2.22 bits per heavy atom. The monoisotopic (exact) mass is 357 g/mol. The van der Waals surface area contributed by atoms with Gasteiger partial charge in [-0.3, -0.25) is 0 Å². The molecule has 1 N–H and O–H groups in total. The van der Waals surface area contributed by atoms with E-state index in [4.69, 9.17) is 16.3 Å². The van der Waals surface area contributed by atoms with Crippen LogP contribution in [0.25, 0.3) is 5.76 Å². The van der Waals surface area contributed by atoms with Crippen LogP contribution in [0.2, 0.25) is 5.02 Å². The van der Waals surface area contributed by atoms with Gasteiger partial charge in [-0.1, -0.05) is 18.0 Å². The van der Waals surface area contributed by atoms with Crippen LogP contribution >= 0.6 is 11.6 Å². The number of quaternary nitrogens is 1. The molecule has 0 saturated heterocycles. The fourth-order valence-electron chi connectivity index (χ4n) is 3.10. The van der Waals surface area contributed by atoms with Gasteiger partial charge in [0.1, 0.15) is 18.9 Å². The van der Waals surface area contributed by atoms with E-state index in [1.165, 1.54) is 43.2 Å². The molecule has 1 saturated carbocycles. The minimum atomic E-state index is 0. The van der Waals surface area contributed by atoms with Crippen molar-refractivity contribution in [3.63, 3.8) is 0 Å². The third-order valence-corrected chi connectivity index (χ3v) is 4.84. The number of hydrogen-bond acceptors (Lipinski definition) is 1. The summed E-state index contributed by atoms with van der Waals surface area (Å²) in [7, 11) is 0. The Hall–Kier alpha value is -0.700. The molecule has 0 amide bonds. The Kier molecular flexibility index (Phi) is 9.69. The van der Waals surface area contributed by atoms with Gasteiger partial charge >= 0.3 is 0 Å². The van der Waals surface area contributed by atoms with Crippen molar-refractivity contribution in [2.75, 3.05) is 26.2 Å². The van der Waals surface area contributed by atoms with Gasteiger partial charge < -0.3 is 22.0 Å². The number of rotatable bonds is 7. The van der Waals surface area contributed by atoms with Gasteiger partial charge in [-0.2, -0.15) is 0 Å². The van der Waals surface area contributed by atoms with Crippen molar-refractivity contribution in [3.05, 3.63) is 40.4 Å². The summed E-state index contributed by atoms with van der Waals surface area (Å²) < 4.78 is 6.26. The topological polar surface area (TPSA) is 13.7 Å². The molecule has 1 fully saturated rings. The van der Waals surface area contributed by atoms with E-state index >= 15 is 0 Å². The molecule has 0 aliphatic heterocycles. The zero-order valence-electron chi connectivity index (χ0n) is 14.3. The van der Waals surface area contributed by atoms with Crippen LogP contribution in [0, 0.1) is 0 Å². The lowest BCUT2D eigenvalue weighted by molar-refractivity contribution is -0.896. The number of benzene rings is 1. The second kappa shape index (κ2) is 11.0. The van der Waals surface area contributed by atoms with Crippen LogP contribution in [0.4, 0.5) is 0 Å². The fraction of sp³-hybridized carbons (Fsp3) is 0.579. The number of ether oxygens (including phenoxy) is 1. The number of hydrogen-bond donors (Lipinski definition) is 1. The first-order chi connectivity index (χ1) is 10.7. The maximum Gasteiger partial charge on any atom is 0.137 e. The molecule has 1 aliphatic rings. The summed E-state index contributed by atoms with van der Waals surface area (Å²) in [6, 6.07) is 8.09. The van der Waals surface area contributed by atoms with Gasteiger partial charge in [0, 0.05) is 10.6 Å². The molecule has 0 bridgehead atoms. The highest BCUT2D eigenvalue weighted by Gasteiger charge is 2.15. The van der Waals surface area contributed by atoms with Crippen LogP contribution in [0.5, 0.6) is 0 Å². The minimum Gasteiger partial charge on any atom is -1.00 e. The summed E-state index contributed by atoms with van der Waals surface area (Å²) in [5, 5.41) is 0.782. The SMILES string of the molecule is CC[NH+](CC)CCOC(=C1CCCCC1)c1ccc(Cl)cc1.[Cl-]. The Labute approximate surface area is 152 Å². The molecule has 0 unspecified atom stereocenters. The third kappa shape index (κ3) is 6.37. The molecule has 0 heterocycles. The number of nitrogens with one attached hydrogen (secondary N) is 1. The van der Waals surface area contributed by atoms with E-state index in [1.54, 1.807) is 4.90 Å². The second-order valence-electron chi connectivity index (χ2n) is 6.06. The molecule has 4 heteroatoms. The first-order valence-corrected chi connectivity index (χ1v) is 9.06. The van der Waals surface area contributed by atoms with Crippen LogP contribution in [0.15, 0.2) is 29.8 Å². The first kappa shape index (κ1) is 20.3. The molecule has 1 aliphatic carbocycles. The predicted molar refractivity (Wildman–Crippen MR) is 94.3 cm³/mol. The average Bonchev–Trinajstić information content (AvgIpc) is 2.57. The molecule has 2 rings (SSSR count). The van der Waals surface area contributed by atoms with Crippen molar-refractivity contribution in [3.8, 4) is 0 Å². The van der Waals surface area contributed by atoms with E-state index in [1.807, 2.05) is 12.1 Å². The third-order valence-electron chi connectivity index (χ3n) is 4.59. The van der Waals surface area contributed by atoms with Gasteiger partial charge in [0.2, 0.25) is 0 Å². The maximum absolute atomic E-state index is 6.26. The number of halogens is 2. The minimum absolute atomic E-state index is 0. The van der Waals surface area contributed by atoms with Crippen molar-refractivity contribution in [2.24, 2.45) is 0 Å². The summed E-state index contributed by atoms with van der Waals surface area (Å²) in [6.07, 6.45) is 6.28. The van der Waals surface area contributed by atoms with E-state index < -0.39 is 0 Å². The van der Waals surface area contributed by atoms with Gasteiger partial charge in [0.05, 0.1) is 13.1 Å². The van der Waals surface area contributed by atoms with E-state index in [2.05, 4.69) is 26.0 Å². The van der Waals surface area contributed by atoms with Gasteiger partial charge in [-0.25, -0.2) is 0 Å². The highest BCUT2D eigenvalue weighted by molar-refractivity contribution is 6.30. The van der Waals surface area contributed by atoms with Gasteiger partial charge in [-0.15, -0.1) is 0 Å². The van der Waals surface area contributed by atoms with Crippen molar-refractivity contribution >= 4 is 17.4 Å². The predicted octanol–water partition coefficient (Wildman–Crippen LogP) is 0.961. The molecule has 2 nitrogen and oxygen atoms in total. The Balaban J connectivity index is 0.00000264. The molecule has 0 radical (unpaired) electrons. The number of likely N-dealkylation sites (N-methyl/N-ethyl adjacent to an activating group) is 1. The van der Waals surface area contributed by atoms with Crippen molar-refractivity contribution in [2.45, 2.75) is 46.0 Å². The summed E-state index contributed by atoms with van der Waals surface area (Å²) in [4.78, 5) is 1.59. The largest absolute Gasteiger partial charge is 1.00 e. The van der Waals surface area contributed by atoms with Gasteiger partial charge in [0.15, 0.2) is 0 Å². The lowest BCUT2D eigenvalue weighted by Gasteiger charge is -2.21. The van der Waals surface area contributed by atoms with Gasteiger partial charge in [0.25, 0.3) is 0 Å². The van der Waals surface area contributed by atoms with Crippen LogP contribution in [-0.4, -0.2) is 26.2 Å². The molecule has 23 heavy (non-hydrogen) atoms. The van der Waals surface area contributed by atoms with Crippen LogP contribution in [-0.2, 0) is 4.74 Å². The normalized spacial score (nSPS) is 14.5. The van der Waals surface area contributed by atoms with E-state index in [-0.39, 0.29) is 12.4 Å². The average molecular weight is 358 g/mol. The standard InChI is InChI=1S/C19H28ClNO.ClH/c1-3-21(4-2)14-15-22-19(16-8-6-5-7-9-16)17-10-12-18(20)13-11-17;/h10-13H,3-9,14-15H2,1-2H3;1H. The molecule has 1 aromatic carbocycles. The molecule has 0 atom stereocenters. The number of allylic oxidation sites excluding steroid dienone is 1.